The molecule has 0 spiro atoms. The van der Waals surface area contributed by atoms with Crippen molar-refractivity contribution in [2.45, 2.75) is 26.4 Å². The Labute approximate surface area is 176 Å². The van der Waals surface area contributed by atoms with Crippen LogP contribution in [0.5, 0.6) is 0 Å². The summed E-state index contributed by atoms with van der Waals surface area (Å²) >= 11 is 0. The van der Waals surface area contributed by atoms with Crippen LogP contribution in [0.25, 0.3) is 0 Å². The van der Waals surface area contributed by atoms with Crippen molar-refractivity contribution < 1.29 is 22.4 Å². The molecular formula is C21H26FN3O4S. The Morgan fingerprint density at radius 2 is 1.80 bits per heavy atom. The number of rotatable bonds is 8. The van der Waals surface area contributed by atoms with Crippen LogP contribution in [0.2, 0.25) is 0 Å². The molecule has 0 aromatic heterocycles. The van der Waals surface area contributed by atoms with E-state index in [0.717, 1.165) is 16.1 Å². The third kappa shape index (κ3) is 5.79. The minimum absolute atomic E-state index is 0.175. The van der Waals surface area contributed by atoms with Gasteiger partial charge in [0.25, 0.3) is 0 Å². The van der Waals surface area contributed by atoms with Gasteiger partial charge in [0.15, 0.2) is 0 Å². The first kappa shape index (κ1) is 23.3. The molecule has 0 aliphatic carbocycles. The first-order valence-corrected chi connectivity index (χ1v) is 11.2. The first-order chi connectivity index (χ1) is 14.0. The van der Waals surface area contributed by atoms with Crippen molar-refractivity contribution >= 4 is 27.5 Å². The molecule has 9 heteroatoms. The summed E-state index contributed by atoms with van der Waals surface area (Å²) in [7, 11) is -2.35. The van der Waals surface area contributed by atoms with Gasteiger partial charge < -0.3 is 10.2 Å². The number of nitrogens with zero attached hydrogens (tertiary/aromatic N) is 2. The molecule has 7 nitrogen and oxygen atoms in total. The van der Waals surface area contributed by atoms with Crippen molar-refractivity contribution in [1.82, 2.24) is 10.2 Å². The van der Waals surface area contributed by atoms with Gasteiger partial charge in [0.1, 0.15) is 18.4 Å². The molecule has 2 aromatic rings. The van der Waals surface area contributed by atoms with E-state index in [1.54, 1.807) is 24.3 Å². The number of amides is 2. The molecule has 30 heavy (non-hydrogen) atoms. The monoisotopic (exact) mass is 435 g/mol. The molecule has 0 heterocycles. The summed E-state index contributed by atoms with van der Waals surface area (Å²) in [4.78, 5) is 26.5. The van der Waals surface area contributed by atoms with Crippen molar-refractivity contribution in [2.24, 2.45) is 0 Å². The van der Waals surface area contributed by atoms with Gasteiger partial charge in [-0.05, 0) is 37.6 Å². The van der Waals surface area contributed by atoms with Gasteiger partial charge in [0.2, 0.25) is 21.8 Å². The van der Waals surface area contributed by atoms with Crippen LogP contribution in [0.1, 0.15) is 18.1 Å². The highest BCUT2D eigenvalue weighted by Crippen LogP contribution is 2.20. The molecule has 0 unspecified atom stereocenters. The SMILES string of the molecule is CNC(=O)[C@@H](C)N(Cc1ccccc1F)C(=O)CN(c1cccc(C)c1)S(C)(=O)=O. The maximum Gasteiger partial charge on any atom is 0.244 e. The van der Waals surface area contributed by atoms with Crippen LogP contribution in [0, 0.1) is 12.7 Å². The number of likely N-dealkylation sites (N-methyl/N-ethyl adjacent to an activating group) is 1. The summed E-state index contributed by atoms with van der Waals surface area (Å²) in [6.07, 6.45) is 1.01. The lowest BCUT2D eigenvalue weighted by Crippen LogP contribution is -2.50. The standard InChI is InChI=1S/C21H26FN3O4S/c1-15-8-7-10-18(12-15)25(30(4,28)29)14-20(26)24(16(2)21(27)23-3)13-17-9-5-6-11-19(17)22/h5-12,16H,13-14H2,1-4H3,(H,23,27)/t16-/m1/s1. The number of anilines is 1. The molecule has 0 radical (unpaired) electrons. The highest BCUT2D eigenvalue weighted by molar-refractivity contribution is 7.92. The van der Waals surface area contributed by atoms with Crippen molar-refractivity contribution in [2.75, 3.05) is 24.2 Å². The van der Waals surface area contributed by atoms with Crippen LogP contribution < -0.4 is 9.62 Å². The maximum absolute atomic E-state index is 14.2. The minimum Gasteiger partial charge on any atom is -0.357 e. The Hall–Kier alpha value is -2.94. The van der Waals surface area contributed by atoms with Gasteiger partial charge in [-0.1, -0.05) is 30.3 Å². The Bertz CT molecular complexity index is 1030. The molecule has 1 atom stereocenters. The second kappa shape index (κ2) is 9.71. The summed E-state index contributed by atoms with van der Waals surface area (Å²) in [6, 6.07) is 11.7. The highest BCUT2D eigenvalue weighted by Gasteiger charge is 2.30. The average Bonchev–Trinajstić information content (AvgIpc) is 2.69. The quantitative estimate of drug-likeness (QED) is 0.688. The number of hydrogen-bond acceptors (Lipinski definition) is 4. The molecule has 162 valence electrons. The summed E-state index contributed by atoms with van der Waals surface area (Å²) in [5.74, 6) is -1.58. The number of aryl methyl sites for hydroxylation is 1. The van der Waals surface area contributed by atoms with Crippen LogP contribution in [-0.2, 0) is 26.2 Å². The topological polar surface area (TPSA) is 86.8 Å². The molecule has 0 aliphatic rings. The van der Waals surface area contributed by atoms with E-state index < -0.39 is 40.2 Å². The number of halogens is 1. The normalized spacial score (nSPS) is 12.2. The molecule has 2 rings (SSSR count). The Balaban J connectivity index is 2.40. The van der Waals surface area contributed by atoms with Gasteiger partial charge in [-0.3, -0.25) is 13.9 Å². The number of hydrogen-bond donors (Lipinski definition) is 1. The van der Waals surface area contributed by atoms with E-state index in [1.807, 2.05) is 13.0 Å². The van der Waals surface area contributed by atoms with Gasteiger partial charge >= 0.3 is 0 Å². The zero-order chi connectivity index (χ0) is 22.5. The van der Waals surface area contributed by atoms with Crippen LogP contribution in [0.4, 0.5) is 10.1 Å². The van der Waals surface area contributed by atoms with Crippen molar-refractivity contribution in [3.05, 3.63) is 65.5 Å². The fraction of sp³-hybridized carbons (Fsp3) is 0.333. The number of carbonyl (C=O) groups excluding carboxylic acids is 2. The molecule has 2 aromatic carbocycles. The minimum atomic E-state index is -3.78. The van der Waals surface area contributed by atoms with Gasteiger partial charge in [-0.25, -0.2) is 12.8 Å². The van der Waals surface area contributed by atoms with Crippen LogP contribution in [-0.4, -0.2) is 51.0 Å². The molecule has 0 bridgehead atoms. The number of benzene rings is 2. The van der Waals surface area contributed by atoms with E-state index in [9.17, 15) is 22.4 Å². The molecule has 0 saturated heterocycles. The second-order valence-corrected chi connectivity index (χ2v) is 8.92. The van der Waals surface area contributed by atoms with E-state index in [-0.39, 0.29) is 12.1 Å². The van der Waals surface area contributed by atoms with E-state index in [2.05, 4.69) is 5.32 Å². The lowest BCUT2D eigenvalue weighted by molar-refractivity contribution is -0.139. The van der Waals surface area contributed by atoms with Gasteiger partial charge in [0.05, 0.1) is 11.9 Å². The Morgan fingerprint density at radius 1 is 1.13 bits per heavy atom. The lowest BCUT2D eigenvalue weighted by atomic mass is 10.1. The van der Waals surface area contributed by atoms with Crippen LogP contribution >= 0.6 is 0 Å². The van der Waals surface area contributed by atoms with E-state index >= 15 is 0 Å². The summed E-state index contributed by atoms with van der Waals surface area (Å²) in [6.45, 7) is 2.63. The summed E-state index contributed by atoms with van der Waals surface area (Å²) in [5, 5.41) is 2.46. The van der Waals surface area contributed by atoms with Gasteiger partial charge in [-0.2, -0.15) is 0 Å². The zero-order valence-electron chi connectivity index (χ0n) is 17.4. The molecule has 2 amide bonds. The molecule has 0 aliphatic heterocycles. The largest absolute Gasteiger partial charge is 0.357 e. The zero-order valence-corrected chi connectivity index (χ0v) is 18.2. The molecule has 0 saturated carbocycles. The van der Waals surface area contributed by atoms with Gasteiger partial charge in [-0.15, -0.1) is 0 Å². The van der Waals surface area contributed by atoms with E-state index in [4.69, 9.17) is 0 Å². The lowest BCUT2D eigenvalue weighted by Gasteiger charge is -2.31. The number of nitrogens with one attached hydrogen (secondary N) is 1. The maximum atomic E-state index is 14.2. The molecular weight excluding hydrogens is 409 g/mol. The third-order valence-electron chi connectivity index (χ3n) is 4.68. The number of carbonyl (C=O) groups is 2. The predicted molar refractivity (Wildman–Crippen MR) is 114 cm³/mol. The first-order valence-electron chi connectivity index (χ1n) is 9.33. The van der Waals surface area contributed by atoms with Crippen molar-refractivity contribution in [1.29, 1.82) is 0 Å². The Kier molecular flexibility index (Phi) is 7.55. The third-order valence-corrected chi connectivity index (χ3v) is 5.82. The smallest absolute Gasteiger partial charge is 0.244 e. The van der Waals surface area contributed by atoms with Crippen LogP contribution in [0.3, 0.4) is 0 Å². The second-order valence-electron chi connectivity index (χ2n) is 7.01. The fourth-order valence-corrected chi connectivity index (χ4v) is 3.84. The number of sulfonamides is 1. The summed E-state index contributed by atoms with van der Waals surface area (Å²) < 4.78 is 39.9. The summed E-state index contributed by atoms with van der Waals surface area (Å²) in [5.41, 5.74) is 1.39. The molecule has 1 N–H and O–H groups in total. The Morgan fingerprint density at radius 3 is 2.37 bits per heavy atom. The van der Waals surface area contributed by atoms with Crippen molar-refractivity contribution in [3.63, 3.8) is 0 Å². The van der Waals surface area contributed by atoms with Crippen LogP contribution in [0.15, 0.2) is 48.5 Å². The average molecular weight is 436 g/mol. The van der Waals surface area contributed by atoms with E-state index in [1.165, 1.54) is 37.1 Å². The van der Waals surface area contributed by atoms with Gasteiger partial charge in [0, 0.05) is 19.2 Å². The van der Waals surface area contributed by atoms with E-state index in [0.29, 0.717) is 5.69 Å². The van der Waals surface area contributed by atoms with Crippen molar-refractivity contribution in [3.8, 4) is 0 Å². The fourth-order valence-electron chi connectivity index (χ4n) is 3.00. The predicted octanol–water partition coefficient (Wildman–Crippen LogP) is 2.06. The molecule has 0 fully saturated rings. The highest BCUT2D eigenvalue weighted by atomic mass is 32.2.